The van der Waals surface area contributed by atoms with Crippen molar-refractivity contribution in [1.29, 1.82) is 0 Å². The van der Waals surface area contributed by atoms with Crippen molar-refractivity contribution in [3.8, 4) is 0 Å². The van der Waals surface area contributed by atoms with Gasteiger partial charge < -0.3 is 0 Å². The molecule has 0 aliphatic rings. The Labute approximate surface area is 664 Å². The molecule has 0 bridgehead atoms. The molecule has 0 N–H and O–H groups in total. The molecule has 6 nitrogen and oxygen atoms in total. The highest BCUT2D eigenvalue weighted by atomic mass is 19.5. The van der Waals surface area contributed by atoms with E-state index >= 15 is 184 Å². The molecule has 0 aliphatic heterocycles. The Kier molecular flexibility index (Phi) is 26.2. The zero-order valence-corrected chi connectivity index (χ0v) is 60.2. The minimum absolute atomic E-state index is 0.122. The van der Waals surface area contributed by atoms with E-state index < -0.39 is 377 Å². The van der Waals surface area contributed by atoms with Crippen molar-refractivity contribution in [3.63, 3.8) is 0 Å². The van der Waals surface area contributed by atoms with E-state index in [1.165, 1.54) is 0 Å². The summed E-state index contributed by atoms with van der Waals surface area (Å²) >= 11 is 0. The van der Waals surface area contributed by atoms with E-state index in [-0.39, 0.29) is 75.4 Å². The van der Waals surface area contributed by atoms with Gasteiger partial charge in [0, 0.05) is 17.8 Å². The molecule has 124 heavy (non-hydrogen) atoms. The van der Waals surface area contributed by atoms with Crippen molar-refractivity contribution in [2.45, 2.75) is 129 Å². The van der Waals surface area contributed by atoms with Gasteiger partial charge in [0.1, 0.15) is 51.7 Å². The quantitative estimate of drug-likeness (QED) is 0.0309. The Balaban J connectivity index is 1.50. The lowest BCUT2D eigenvalue weighted by Crippen LogP contribution is -2.45. The molecule has 0 aliphatic carbocycles. The smallest absolute Gasteiger partial charge is 0.235 e. The Morgan fingerprint density at radius 1 is 0.194 bits per heavy atom. The number of hydrogen-bond donors (Lipinski definition) is 0. The van der Waals surface area contributed by atoms with Gasteiger partial charge in [-0.15, -0.1) is 0 Å². The number of halogens is 42. The minimum Gasteiger partial charge on any atom is -0.235 e. The van der Waals surface area contributed by atoms with Crippen LogP contribution in [0.4, 0.5) is 184 Å². The molecule has 0 saturated carbocycles. The molecule has 0 fully saturated rings. The summed E-state index contributed by atoms with van der Waals surface area (Å²) in [6, 6.07) is -13.8. The zero-order valence-electron chi connectivity index (χ0n) is 60.2. The first kappa shape index (κ1) is 97.7. The third-order valence-electron chi connectivity index (χ3n) is 18.6. The molecule has 9 rings (SSSR count). The lowest BCUT2D eigenvalue weighted by Gasteiger charge is -2.41. The average molecular weight is 1840 g/mol. The summed E-state index contributed by atoms with van der Waals surface area (Å²) < 4.78 is 646. The van der Waals surface area contributed by atoms with Gasteiger partial charge in [-0.1, -0.05) is 18.2 Å². The second-order valence-electron chi connectivity index (χ2n) is 27.3. The van der Waals surface area contributed by atoms with Crippen LogP contribution in [-0.2, 0) is 120 Å². The number of hydrogen-bond acceptors (Lipinski definition) is 6. The summed E-state index contributed by atoms with van der Waals surface area (Å²) in [4.78, 5) is 30.6. The van der Waals surface area contributed by atoms with Crippen molar-refractivity contribution in [2.75, 3.05) is 0 Å². The van der Waals surface area contributed by atoms with E-state index in [2.05, 4.69) is 0 Å². The first-order valence-corrected chi connectivity index (χ1v) is 33.2. The fraction of sp³-hybridized carbons (Fsp3) is 0.280. The number of rotatable bonds is 21. The Bertz CT molecular complexity index is 4410. The van der Waals surface area contributed by atoms with Crippen LogP contribution in [0.1, 0.15) is 155 Å². The van der Waals surface area contributed by atoms with E-state index in [0.29, 0.717) is 0 Å². The number of alkyl halides is 36. The SMILES string of the molecule is CC(OOB(OOC(C)(c1c(F)cccc1F)C(c1cc(C(F)(F)F)cc(C(F)(F)F)c1)c1cc(C(F)(F)F)cc(C(F)(F)F)c1)OOC(C)(c1c(F)cccc1F)C(c1cc(C(F)(F)F)cc(C(F)(F)F)c1)c1cc(C(F)(F)F)cc(C(F)(F)F)c1)(c1c(F)cccc1F)C(c1cc(C(F)(F)F)cc(C(F)(F)F)c1)c1cc(C(F)(F)F)cc(C(F)(F)F)c1. The van der Waals surface area contributed by atoms with Crippen molar-refractivity contribution in [2.24, 2.45) is 0 Å². The van der Waals surface area contributed by atoms with Crippen LogP contribution >= 0.6 is 0 Å². The van der Waals surface area contributed by atoms with Gasteiger partial charge in [-0.3, -0.25) is 0 Å². The number of benzene rings is 9. The van der Waals surface area contributed by atoms with Gasteiger partial charge in [0.25, 0.3) is 0 Å². The summed E-state index contributed by atoms with van der Waals surface area (Å²) in [5, 5.41) is 0. The van der Waals surface area contributed by atoms with Gasteiger partial charge in [0.15, 0.2) is 0 Å². The van der Waals surface area contributed by atoms with E-state index in [1.807, 2.05) is 0 Å². The van der Waals surface area contributed by atoms with Crippen molar-refractivity contribution >= 4 is 7.32 Å². The summed E-state index contributed by atoms with van der Waals surface area (Å²) in [6.07, 6.45) is -75.8. The second kappa shape index (κ2) is 33.3. The maximum absolute atomic E-state index is 17.2. The summed E-state index contributed by atoms with van der Waals surface area (Å²) in [6.45, 7) is -0.922. The van der Waals surface area contributed by atoms with E-state index in [9.17, 15) is 0 Å². The van der Waals surface area contributed by atoms with Gasteiger partial charge in [-0.25, -0.2) is 55.4 Å². The van der Waals surface area contributed by atoms with Gasteiger partial charge >= 0.3 is 81.4 Å². The molecule has 3 unspecified atom stereocenters. The fourth-order valence-electron chi connectivity index (χ4n) is 13.4. The molecule has 0 saturated heterocycles. The summed E-state index contributed by atoms with van der Waals surface area (Å²) in [5.41, 5.74) is -68.0. The van der Waals surface area contributed by atoms with Crippen LogP contribution in [0, 0.1) is 34.9 Å². The molecule has 672 valence electrons. The van der Waals surface area contributed by atoms with Gasteiger partial charge in [0.05, 0.1) is 83.5 Å². The van der Waals surface area contributed by atoms with Gasteiger partial charge in [-0.05, 0) is 200 Å². The normalized spacial score (nSPS) is 15.1. The topological polar surface area (TPSA) is 55.4 Å². The van der Waals surface area contributed by atoms with E-state index in [0.717, 1.165) is 0 Å². The summed E-state index contributed by atoms with van der Waals surface area (Å²) in [5.74, 6) is -27.2. The van der Waals surface area contributed by atoms with Crippen molar-refractivity contribution in [1.82, 2.24) is 0 Å². The van der Waals surface area contributed by atoms with E-state index in [1.54, 1.807) is 0 Å². The highest BCUT2D eigenvalue weighted by Crippen LogP contribution is 2.57. The molecular weight excluding hydrogens is 1810 g/mol. The Hall–Kier alpha value is -10.1. The lowest BCUT2D eigenvalue weighted by atomic mass is 9.73. The fourth-order valence-corrected chi connectivity index (χ4v) is 13.4. The highest BCUT2D eigenvalue weighted by molar-refractivity contribution is 6.35. The molecule has 0 heterocycles. The predicted octanol–water partition coefficient (Wildman–Crippen LogP) is 28.1. The molecular formula is C75H39BF42O6. The molecule has 0 aromatic heterocycles. The largest absolute Gasteiger partial charge is 0.725 e. The minimum atomic E-state index is -6.32. The van der Waals surface area contributed by atoms with Crippen LogP contribution in [-0.4, -0.2) is 7.32 Å². The van der Waals surface area contributed by atoms with Crippen LogP contribution in [0.5, 0.6) is 0 Å². The van der Waals surface area contributed by atoms with E-state index in [4.69, 9.17) is 29.1 Å². The molecule has 9 aromatic rings. The third kappa shape index (κ3) is 21.3. The van der Waals surface area contributed by atoms with Crippen LogP contribution < -0.4 is 0 Å². The van der Waals surface area contributed by atoms with Crippen LogP contribution in [0.25, 0.3) is 0 Å². The molecule has 0 spiro atoms. The predicted molar refractivity (Wildman–Crippen MR) is 338 cm³/mol. The first-order valence-electron chi connectivity index (χ1n) is 33.2. The van der Waals surface area contributed by atoms with Gasteiger partial charge in [-0.2, -0.15) is 158 Å². The first-order chi connectivity index (χ1) is 56.1. The maximum atomic E-state index is 17.2. The highest BCUT2D eigenvalue weighted by Gasteiger charge is 2.57. The van der Waals surface area contributed by atoms with Crippen molar-refractivity contribution < 1.29 is 213 Å². The standard InChI is InChI=1S/C75H39BF42O6/c1-61(58-49(77)7-4-8-50(58)78,55(31-13-37(64(83,84)85)25-38(14-31)65(86,87)88)32-15-39(66(89,90)91)26-40(16-32)67(92,93)94)119-122-76(123-120-62(2,59-51(79)9-5-10-52(59)80)56(33-17-41(68(95,96)97)27-42(18-33)69(98,99)100)34-19-43(70(101,102)103)28-44(20-34)71(104,105)106)124-121-63(3,60-53(81)11-6-12-54(60)82)57(35-21-45(72(107,108)109)29-46(22-35)73(110,111)112)36-23-47(74(113,114)115)30-48(24-36)75(116,117)118/h4-30,55-57H,1-3H3. The maximum Gasteiger partial charge on any atom is 0.725 e. The zero-order chi connectivity index (χ0) is 93.7. The second-order valence-corrected chi connectivity index (χ2v) is 27.3. The van der Waals surface area contributed by atoms with Crippen molar-refractivity contribution in [3.05, 3.63) is 316 Å². The molecule has 0 radical (unpaired) electrons. The Morgan fingerprint density at radius 3 is 0.411 bits per heavy atom. The van der Waals surface area contributed by atoms with Gasteiger partial charge in [0.2, 0.25) is 0 Å². The van der Waals surface area contributed by atoms with Crippen LogP contribution in [0.2, 0.25) is 0 Å². The monoisotopic (exact) mass is 1840 g/mol. The average Bonchev–Trinajstić information content (AvgIpc) is 0.740. The van der Waals surface area contributed by atoms with Crippen LogP contribution in [0.15, 0.2) is 164 Å². The molecule has 3 atom stereocenters. The summed E-state index contributed by atoms with van der Waals surface area (Å²) in [7, 11) is -4.82. The third-order valence-corrected chi connectivity index (χ3v) is 18.6. The lowest BCUT2D eigenvalue weighted by molar-refractivity contribution is -0.414. The molecule has 49 heteroatoms. The Morgan fingerprint density at radius 2 is 0.306 bits per heavy atom. The molecule has 0 amide bonds. The van der Waals surface area contributed by atoms with Crippen LogP contribution in [0.3, 0.4) is 0 Å². The molecule has 9 aromatic carbocycles.